The van der Waals surface area contributed by atoms with Crippen LogP contribution in [0.5, 0.6) is 5.75 Å². The third-order valence-corrected chi connectivity index (χ3v) is 7.52. The van der Waals surface area contributed by atoms with Crippen molar-refractivity contribution < 1.29 is 14.2 Å². The Hall–Kier alpha value is -2.33. The first-order chi connectivity index (χ1) is 14.1. The largest absolute Gasteiger partial charge is 0.507 e. The molecule has 3 nitrogen and oxygen atoms in total. The number of ether oxygens (including phenoxy) is 1. The Bertz CT molecular complexity index is 1150. The van der Waals surface area contributed by atoms with Crippen LogP contribution in [0.2, 0.25) is 0 Å². The number of phenols is 1. The van der Waals surface area contributed by atoms with Crippen LogP contribution in [0.3, 0.4) is 0 Å². The van der Waals surface area contributed by atoms with Gasteiger partial charge in [-0.25, -0.2) is 4.39 Å². The lowest BCUT2D eigenvalue weighted by atomic mass is 9.74. The number of hydrogen-bond acceptors (Lipinski definition) is 2. The van der Waals surface area contributed by atoms with Gasteiger partial charge in [0.1, 0.15) is 11.6 Å². The Morgan fingerprint density at radius 3 is 2.40 bits per heavy atom. The summed E-state index contributed by atoms with van der Waals surface area (Å²) in [4.78, 5) is 0. The van der Waals surface area contributed by atoms with Crippen LogP contribution in [0, 0.1) is 17.2 Å². The molecule has 3 aromatic rings. The van der Waals surface area contributed by atoms with E-state index in [1.807, 2.05) is 24.3 Å². The topological polar surface area (TPSA) is 34.4 Å². The molecule has 30 heavy (non-hydrogen) atoms. The summed E-state index contributed by atoms with van der Waals surface area (Å²) >= 11 is 0. The maximum atomic E-state index is 13.7. The van der Waals surface area contributed by atoms with Crippen molar-refractivity contribution in [3.05, 3.63) is 59.5 Å². The summed E-state index contributed by atoms with van der Waals surface area (Å²) in [5.74, 6) is 0.691. The van der Waals surface area contributed by atoms with Gasteiger partial charge in [0.25, 0.3) is 0 Å². The van der Waals surface area contributed by atoms with Gasteiger partial charge >= 0.3 is 0 Å². The van der Waals surface area contributed by atoms with Crippen LogP contribution in [-0.2, 0) is 15.8 Å². The molecule has 5 rings (SSSR count). The van der Waals surface area contributed by atoms with E-state index >= 15 is 0 Å². The first kappa shape index (κ1) is 19.6. The minimum atomic E-state index is -0.493. The molecule has 2 aliphatic rings. The van der Waals surface area contributed by atoms with Crippen molar-refractivity contribution >= 4 is 10.9 Å². The zero-order valence-electron chi connectivity index (χ0n) is 18.4. The average Bonchev–Trinajstić information content (AvgIpc) is 3.09. The van der Waals surface area contributed by atoms with Gasteiger partial charge in [0.15, 0.2) is 0 Å². The van der Waals surface area contributed by atoms with E-state index in [2.05, 4.69) is 39.2 Å². The summed E-state index contributed by atoms with van der Waals surface area (Å²) in [6, 6.07) is 12.3. The minimum absolute atomic E-state index is 0.252. The van der Waals surface area contributed by atoms with Gasteiger partial charge < -0.3 is 14.4 Å². The second kappa shape index (κ2) is 6.10. The van der Waals surface area contributed by atoms with Crippen molar-refractivity contribution in [1.29, 1.82) is 0 Å². The highest BCUT2D eigenvalue weighted by Gasteiger charge is 2.55. The number of phenolic OH excluding ortho intramolecular Hbond substituents is 1. The molecular formula is C26H30FNO2. The summed E-state index contributed by atoms with van der Waals surface area (Å²) in [6.45, 7) is 11.8. The van der Waals surface area contributed by atoms with Crippen molar-refractivity contribution in [1.82, 2.24) is 4.57 Å². The van der Waals surface area contributed by atoms with Crippen LogP contribution in [-0.4, -0.2) is 16.3 Å². The van der Waals surface area contributed by atoms with E-state index in [0.29, 0.717) is 12.5 Å². The molecular weight excluding hydrogens is 377 g/mol. The Kier molecular flexibility index (Phi) is 3.99. The van der Waals surface area contributed by atoms with Gasteiger partial charge in [-0.15, -0.1) is 0 Å². The number of rotatable bonds is 3. The van der Waals surface area contributed by atoms with Crippen molar-refractivity contribution in [3.63, 3.8) is 0 Å². The molecule has 1 aliphatic carbocycles. The summed E-state index contributed by atoms with van der Waals surface area (Å²) in [5, 5.41) is 11.8. The maximum Gasteiger partial charge on any atom is 0.125 e. The lowest BCUT2D eigenvalue weighted by Gasteiger charge is -2.44. The number of hydrogen-bond donors (Lipinski definition) is 1. The third-order valence-electron chi connectivity index (χ3n) is 7.52. The fourth-order valence-corrected chi connectivity index (χ4v) is 5.61. The van der Waals surface area contributed by atoms with Gasteiger partial charge in [-0.1, -0.05) is 33.8 Å². The molecule has 0 spiro atoms. The molecule has 0 bridgehead atoms. The van der Waals surface area contributed by atoms with E-state index in [0.717, 1.165) is 34.3 Å². The van der Waals surface area contributed by atoms with Crippen molar-refractivity contribution in [2.75, 3.05) is 6.61 Å². The molecule has 1 aliphatic heterocycles. The normalized spacial score (nSPS) is 29.7. The monoisotopic (exact) mass is 407 g/mol. The van der Waals surface area contributed by atoms with Crippen molar-refractivity contribution in [2.45, 2.75) is 58.5 Å². The van der Waals surface area contributed by atoms with E-state index in [-0.39, 0.29) is 22.4 Å². The van der Waals surface area contributed by atoms with E-state index in [1.54, 1.807) is 6.07 Å². The highest BCUT2D eigenvalue weighted by atomic mass is 19.1. The molecule has 3 atom stereocenters. The Morgan fingerprint density at radius 1 is 1.10 bits per heavy atom. The van der Waals surface area contributed by atoms with Crippen LogP contribution >= 0.6 is 0 Å². The second-order valence-electron chi connectivity index (χ2n) is 10.5. The van der Waals surface area contributed by atoms with Crippen LogP contribution < -0.4 is 0 Å². The van der Waals surface area contributed by atoms with Gasteiger partial charge in [-0.05, 0) is 67.5 Å². The number of halogens is 1. The lowest BCUT2D eigenvalue weighted by Crippen LogP contribution is -2.43. The Balaban J connectivity index is 1.85. The molecule has 0 amide bonds. The van der Waals surface area contributed by atoms with Crippen LogP contribution in [0.1, 0.15) is 58.7 Å². The lowest BCUT2D eigenvalue weighted by molar-refractivity contribution is -0.0881. The first-order valence-electron chi connectivity index (χ1n) is 10.8. The highest BCUT2D eigenvalue weighted by Crippen LogP contribution is 2.61. The van der Waals surface area contributed by atoms with Crippen molar-refractivity contribution in [3.8, 4) is 11.4 Å². The molecule has 2 heterocycles. The summed E-state index contributed by atoms with van der Waals surface area (Å²) in [5.41, 5.74) is 3.56. The number of aromatic hydroxyl groups is 1. The smallest absolute Gasteiger partial charge is 0.125 e. The predicted molar refractivity (Wildman–Crippen MR) is 118 cm³/mol. The minimum Gasteiger partial charge on any atom is -0.507 e. The summed E-state index contributed by atoms with van der Waals surface area (Å²) in [7, 11) is 0. The fourth-order valence-electron chi connectivity index (χ4n) is 5.61. The van der Waals surface area contributed by atoms with Gasteiger partial charge in [0.2, 0.25) is 0 Å². The third kappa shape index (κ3) is 2.73. The molecule has 3 unspecified atom stereocenters. The van der Waals surface area contributed by atoms with Crippen LogP contribution in [0.4, 0.5) is 4.39 Å². The molecule has 1 fully saturated rings. The van der Waals surface area contributed by atoms with E-state index in [9.17, 15) is 9.50 Å². The molecule has 4 heteroatoms. The Labute approximate surface area is 177 Å². The highest BCUT2D eigenvalue weighted by molar-refractivity contribution is 5.94. The molecule has 158 valence electrons. The summed E-state index contributed by atoms with van der Waals surface area (Å²) in [6.07, 6.45) is 2.12. The van der Waals surface area contributed by atoms with Gasteiger partial charge in [0.05, 0.1) is 17.7 Å². The van der Waals surface area contributed by atoms with Gasteiger partial charge in [-0.3, -0.25) is 0 Å². The summed E-state index contributed by atoms with van der Waals surface area (Å²) < 4.78 is 22.5. The van der Waals surface area contributed by atoms with E-state index in [4.69, 9.17) is 4.74 Å². The first-order valence-corrected chi connectivity index (χ1v) is 10.8. The zero-order chi connectivity index (χ0) is 21.5. The average molecular weight is 408 g/mol. The quantitative estimate of drug-likeness (QED) is 0.542. The zero-order valence-corrected chi connectivity index (χ0v) is 18.4. The number of benzene rings is 2. The van der Waals surface area contributed by atoms with Crippen LogP contribution in [0.15, 0.2) is 42.5 Å². The molecule has 2 aromatic carbocycles. The molecule has 1 saturated carbocycles. The number of fused-ring (bicyclic) bond motifs is 3. The predicted octanol–water partition coefficient (Wildman–Crippen LogP) is 6.43. The van der Waals surface area contributed by atoms with Crippen molar-refractivity contribution in [2.24, 2.45) is 11.3 Å². The van der Waals surface area contributed by atoms with Gasteiger partial charge in [-0.2, -0.15) is 0 Å². The maximum absolute atomic E-state index is 13.7. The standard InChI is InChI=1S/C26H30FNO2/c1-16-13-25(16,4)14-26(5)22-21-19(7-6-8-20(21)29)28(18-11-9-17(27)10-12-18)23(22)24(2,3)15-30-26/h6-12,16,29H,13-15H2,1-5H3. The number of nitrogens with zero attached hydrogens (tertiary/aromatic N) is 1. The Morgan fingerprint density at radius 2 is 1.77 bits per heavy atom. The van der Waals surface area contributed by atoms with E-state index in [1.165, 1.54) is 18.6 Å². The second-order valence-corrected chi connectivity index (χ2v) is 10.5. The molecule has 0 radical (unpaired) electrons. The SMILES string of the molecule is CC1CC1(C)CC1(C)OCC(C)(C)c2c1c1c(O)cccc1n2-c1ccc(F)cc1. The molecule has 1 N–H and O–H groups in total. The number of aromatic nitrogens is 1. The molecule has 1 aromatic heterocycles. The van der Waals surface area contributed by atoms with Gasteiger partial charge in [0, 0.05) is 27.7 Å². The van der Waals surface area contributed by atoms with Crippen LogP contribution in [0.25, 0.3) is 16.6 Å². The molecule has 0 saturated heterocycles. The fraction of sp³-hybridized carbons (Fsp3) is 0.462. The van der Waals surface area contributed by atoms with E-state index < -0.39 is 5.60 Å².